The second-order valence-electron chi connectivity index (χ2n) is 11.0. The molecule has 1 saturated heterocycles. The van der Waals surface area contributed by atoms with E-state index in [4.69, 9.17) is 14.2 Å². The van der Waals surface area contributed by atoms with Gasteiger partial charge in [-0.25, -0.2) is 0 Å². The predicted molar refractivity (Wildman–Crippen MR) is 152 cm³/mol. The number of nitrogens with one attached hydrogen (secondary N) is 3. The van der Waals surface area contributed by atoms with Crippen LogP contribution in [0.15, 0.2) is 54.7 Å². The number of hydrogen-bond donors (Lipinski definition) is 3. The van der Waals surface area contributed by atoms with Crippen LogP contribution in [0.3, 0.4) is 0 Å². The third kappa shape index (κ3) is 7.19. The summed E-state index contributed by atoms with van der Waals surface area (Å²) in [6.07, 6.45) is 3.60. The van der Waals surface area contributed by atoms with Gasteiger partial charge in [-0.3, -0.25) is 24.0 Å². The van der Waals surface area contributed by atoms with Gasteiger partial charge < -0.3 is 30.2 Å². The van der Waals surface area contributed by atoms with Crippen molar-refractivity contribution in [3.63, 3.8) is 0 Å². The van der Waals surface area contributed by atoms with Crippen LogP contribution in [0.25, 0.3) is 0 Å². The minimum absolute atomic E-state index is 0.115. The third-order valence-electron chi connectivity index (χ3n) is 7.40. The van der Waals surface area contributed by atoms with Gasteiger partial charge in [0.1, 0.15) is 23.4 Å². The Balaban J connectivity index is 1.22. The topological polar surface area (TPSA) is 136 Å². The highest BCUT2D eigenvalue weighted by Gasteiger charge is 2.37. The standard InChI is InChI=1S/C30H34N6O6/c1-35-9-8-27(34-35)33-28(37)16-36-14-25-26(15-36)42-22-6-4-19(5-7-22)13-31-29(38)18-41-24-11-21(30(39)32-25)10-23(12-24)40-17-20-2-3-20/h4-12,20,25-26H,2-3,13-18H2,1H3,(H,31,38)(H,32,39)(H,33,34,37)/t25-,26-/m0/s1. The molecule has 3 N–H and O–H groups in total. The van der Waals surface area contributed by atoms with Crippen LogP contribution in [0.1, 0.15) is 28.8 Å². The number of carbonyl (C=O) groups is 3. The van der Waals surface area contributed by atoms with Gasteiger partial charge in [0.2, 0.25) is 5.91 Å². The van der Waals surface area contributed by atoms with Crippen LogP contribution in [0, 0.1) is 5.92 Å². The number of rotatable bonds is 6. The first-order valence-corrected chi connectivity index (χ1v) is 14.1. The zero-order valence-corrected chi connectivity index (χ0v) is 23.4. The Morgan fingerprint density at radius 2 is 1.93 bits per heavy atom. The number of nitrogens with zero attached hydrogens (tertiary/aromatic N) is 3. The summed E-state index contributed by atoms with van der Waals surface area (Å²) >= 11 is 0. The van der Waals surface area contributed by atoms with Crippen LogP contribution in [0.2, 0.25) is 0 Å². The van der Waals surface area contributed by atoms with E-state index in [0.717, 1.165) is 18.4 Å². The van der Waals surface area contributed by atoms with Gasteiger partial charge in [0.15, 0.2) is 12.4 Å². The Labute approximate surface area is 243 Å². The average Bonchev–Trinajstić information content (AvgIpc) is 3.62. The first-order valence-electron chi connectivity index (χ1n) is 14.1. The third-order valence-corrected chi connectivity index (χ3v) is 7.40. The molecule has 2 aromatic carbocycles. The minimum atomic E-state index is -0.414. The van der Waals surface area contributed by atoms with Crippen molar-refractivity contribution in [2.75, 3.05) is 38.2 Å². The summed E-state index contributed by atoms with van der Waals surface area (Å²) in [5.74, 6) is 1.68. The largest absolute Gasteiger partial charge is 0.493 e. The van der Waals surface area contributed by atoms with E-state index in [1.54, 1.807) is 42.2 Å². The van der Waals surface area contributed by atoms with Crippen molar-refractivity contribution < 1.29 is 28.6 Å². The number of anilines is 1. The van der Waals surface area contributed by atoms with E-state index in [-0.39, 0.29) is 30.9 Å². The molecule has 12 nitrogen and oxygen atoms in total. The number of carbonyl (C=O) groups excluding carboxylic acids is 3. The molecule has 3 aliphatic heterocycles. The molecular weight excluding hydrogens is 540 g/mol. The molecule has 42 heavy (non-hydrogen) atoms. The van der Waals surface area contributed by atoms with Gasteiger partial charge in [-0.2, -0.15) is 5.10 Å². The molecular formula is C30H34N6O6. The molecule has 7 rings (SSSR count). The lowest BCUT2D eigenvalue weighted by molar-refractivity contribution is -0.123. The van der Waals surface area contributed by atoms with Crippen molar-refractivity contribution in [1.82, 2.24) is 25.3 Å². The van der Waals surface area contributed by atoms with E-state index in [1.807, 2.05) is 29.2 Å². The molecule has 4 heterocycles. The summed E-state index contributed by atoms with van der Waals surface area (Å²) in [4.78, 5) is 40.7. The summed E-state index contributed by atoms with van der Waals surface area (Å²) in [6, 6.07) is 13.7. The van der Waals surface area contributed by atoms with E-state index in [0.29, 0.717) is 60.8 Å². The van der Waals surface area contributed by atoms with Crippen LogP contribution < -0.4 is 30.2 Å². The number of benzene rings is 2. The second-order valence-corrected chi connectivity index (χ2v) is 11.0. The van der Waals surface area contributed by atoms with Gasteiger partial charge in [0, 0.05) is 50.6 Å². The minimum Gasteiger partial charge on any atom is -0.493 e. The Morgan fingerprint density at radius 1 is 1.10 bits per heavy atom. The monoisotopic (exact) mass is 574 g/mol. The molecule has 4 bridgehead atoms. The zero-order chi connectivity index (χ0) is 29.1. The highest BCUT2D eigenvalue weighted by molar-refractivity contribution is 5.95. The Kier molecular flexibility index (Phi) is 7.95. The van der Waals surface area contributed by atoms with Gasteiger partial charge in [-0.05, 0) is 48.6 Å². The van der Waals surface area contributed by atoms with Crippen LogP contribution >= 0.6 is 0 Å². The molecule has 0 radical (unpaired) electrons. The summed E-state index contributed by atoms with van der Waals surface area (Å²) in [5.41, 5.74) is 1.25. The molecule has 1 aliphatic carbocycles. The molecule has 3 amide bonds. The smallest absolute Gasteiger partial charge is 0.258 e. The maximum atomic E-state index is 13.6. The first kappa shape index (κ1) is 27.6. The fraction of sp³-hybridized carbons (Fsp3) is 0.400. The van der Waals surface area contributed by atoms with Gasteiger partial charge in [-0.15, -0.1) is 0 Å². The summed E-state index contributed by atoms with van der Waals surface area (Å²) < 4.78 is 19.7. The number of amides is 3. The van der Waals surface area contributed by atoms with E-state index in [1.165, 1.54) is 0 Å². The molecule has 1 saturated carbocycles. The first-order chi connectivity index (χ1) is 20.4. The van der Waals surface area contributed by atoms with E-state index in [9.17, 15) is 14.4 Å². The number of aryl methyl sites for hydroxylation is 1. The molecule has 0 unspecified atom stereocenters. The van der Waals surface area contributed by atoms with Gasteiger partial charge in [0.25, 0.3) is 11.8 Å². The fourth-order valence-corrected chi connectivity index (χ4v) is 4.99. The average molecular weight is 575 g/mol. The maximum absolute atomic E-state index is 13.6. The number of fused-ring (bicyclic) bond motifs is 7. The van der Waals surface area contributed by atoms with Crippen molar-refractivity contribution in [2.45, 2.75) is 31.5 Å². The lowest BCUT2D eigenvalue weighted by atomic mass is 10.1. The van der Waals surface area contributed by atoms with Gasteiger partial charge >= 0.3 is 0 Å². The Morgan fingerprint density at radius 3 is 2.69 bits per heavy atom. The number of likely N-dealkylation sites (tertiary alicyclic amines) is 1. The van der Waals surface area contributed by atoms with E-state index >= 15 is 0 Å². The molecule has 3 aromatic rings. The Hall–Kier alpha value is -4.58. The lowest BCUT2D eigenvalue weighted by Crippen LogP contribution is -2.45. The van der Waals surface area contributed by atoms with Crippen molar-refractivity contribution in [3.8, 4) is 17.2 Å². The number of hydrogen-bond acceptors (Lipinski definition) is 8. The molecule has 2 fully saturated rings. The van der Waals surface area contributed by atoms with Crippen LogP contribution in [0.4, 0.5) is 5.82 Å². The highest BCUT2D eigenvalue weighted by Crippen LogP contribution is 2.31. The normalized spacial score (nSPS) is 20.9. The quantitative estimate of drug-likeness (QED) is 0.405. The van der Waals surface area contributed by atoms with Crippen molar-refractivity contribution >= 4 is 23.5 Å². The lowest BCUT2D eigenvalue weighted by Gasteiger charge is -2.22. The van der Waals surface area contributed by atoms with Crippen LogP contribution in [-0.4, -0.2) is 77.4 Å². The van der Waals surface area contributed by atoms with Crippen molar-refractivity contribution in [2.24, 2.45) is 13.0 Å². The van der Waals surface area contributed by atoms with Crippen LogP contribution in [-0.2, 0) is 23.2 Å². The van der Waals surface area contributed by atoms with Gasteiger partial charge in [0.05, 0.1) is 19.2 Å². The molecule has 2 atom stereocenters. The molecule has 220 valence electrons. The number of aromatic nitrogens is 2. The maximum Gasteiger partial charge on any atom is 0.258 e. The predicted octanol–water partition coefficient (Wildman–Crippen LogP) is 1.72. The highest BCUT2D eigenvalue weighted by atomic mass is 16.5. The molecule has 12 heteroatoms. The van der Waals surface area contributed by atoms with Crippen molar-refractivity contribution in [3.05, 3.63) is 65.9 Å². The van der Waals surface area contributed by atoms with Crippen molar-refractivity contribution in [1.29, 1.82) is 0 Å². The van der Waals surface area contributed by atoms with E-state index in [2.05, 4.69) is 21.0 Å². The zero-order valence-electron chi connectivity index (χ0n) is 23.4. The van der Waals surface area contributed by atoms with Crippen LogP contribution in [0.5, 0.6) is 17.2 Å². The fourth-order valence-electron chi connectivity index (χ4n) is 4.99. The summed E-state index contributed by atoms with van der Waals surface area (Å²) in [5, 5.41) is 13.0. The molecule has 0 spiro atoms. The SMILES string of the molecule is Cn1ccc(NC(=O)CN2C[C@@H]3NC(=O)c4cc(cc(OCC5CC5)c4)OCC(=O)NCc4ccc(cc4)O[C@H]3C2)n1. The van der Waals surface area contributed by atoms with Gasteiger partial charge in [-0.1, -0.05) is 12.1 Å². The summed E-state index contributed by atoms with van der Waals surface area (Å²) in [6.45, 7) is 1.65. The Bertz CT molecular complexity index is 1450. The molecule has 4 aliphatic rings. The second kappa shape index (κ2) is 12.1. The number of ether oxygens (including phenoxy) is 3. The van der Waals surface area contributed by atoms with E-state index < -0.39 is 12.1 Å². The molecule has 1 aromatic heterocycles. The summed E-state index contributed by atoms with van der Waals surface area (Å²) in [7, 11) is 1.78.